The molecule has 0 bridgehead atoms. The molecule has 110 valence electrons. The standard InChI is InChI=1S/C14H11ClO5S/c1-21(18,19)13-5-3-2-4-12(13)20-9-6-7-11(15)10(8-9)14(16)17/h2-8H,1H3,(H,16,17). The van der Waals surface area contributed by atoms with Crippen molar-refractivity contribution in [2.75, 3.05) is 6.26 Å². The predicted octanol–water partition coefficient (Wildman–Crippen LogP) is 3.23. The number of sulfone groups is 1. The second-order valence-corrected chi connectivity index (χ2v) is 6.66. The zero-order chi connectivity index (χ0) is 15.6. The third kappa shape index (κ3) is 3.53. The fourth-order valence-corrected chi connectivity index (χ4v) is 2.70. The summed E-state index contributed by atoms with van der Waals surface area (Å²) in [5, 5.41) is 9.08. The average Bonchev–Trinajstić information content (AvgIpc) is 2.40. The number of hydrogen-bond acceptors (Lipinski definition) is 4. The molecule has 0 spiro atoms. The molecule has 0 unspecified atom stereocenters. The highest BCUT2D eigenvalue weighted by Crippen LogP contribution is 2.30. The lowest BCUT2D eigenvalue weighted by atomic mass is 10.2. The fourth-order valence-electron chi connectivity index (χ4n) is 1.70. The van der Waals surface area contributed by atoms with E-state index in [9.17, 15) is 13.2 Å². The summed E-state index contributed by atoms with van der Waals surface area (Å²) in [6, 6.07) is 10.2. The van der Waals surface area contributed by atoms with E-state index >= 15 is 0 Å². The third-order valence-corrected chi connectivity index (χ3v) is 4.11. The summed E-state index contributed by atoms with van der Waals surface area (Å²) in [5.74, 6) is -0.881. The quantitative estimate of drug-likeness (QED) is 0.932. The van der Waals surface area contributed by atoms with Gasteiger partial charge in [0.2, 0.25) is 0 Å². The summed E-state index contributed by atoms with van der Waals surface area (Å²) in [7, 11) is -3.46. The molecule has 0 aliphatic carbocycles. The van der Waals surface area contributed by atoms with E-state index in [-0.39, 0.29) is 27.0 Å². The van der Waals surface area contributed by atoms with Gasteiger partial charge in [-0.15, -0.1) is 0 Å². The first kappa shape index (κ1) is 15.3. The SMILES string of the molecule is CS(=O)(=O)c1ccccc1Oc1ccc(Cl)c(C(=O)O)c1. The fraction of sp³-hybridized carbons (Fsp3) is 0.0714. The Labute approximate surface area is 126 Å². The van der Waals surface area contributed by atoms with Crippen LogP contribution in [-0.4, -0.2) is 25.7 Å². The maximum absolute atomic E-state index is 11.7. The van der Waals surface area contributed by atoms with Crippen LogP contribution < -0.4 is 4.74 Å². The highest BCUT2D eigenvalue weighted by molar-refractivity contribution is 7.90. The van der Waals surface area contributed by atoms with Crippen LogP contribution in [-0.2, 0) is 9.84 Å². The summed E-state index contributed by atoms with van der Waals surface area (Å²) in [5.41, 5.74) is -0.119. The Hall–Kier alpha value is -2.05. The Kier molecular flexibility index (Phi) is 4.20. The molecule has 0 atom stereocenters. The van der Waals surface area contributed by atoms with Gasteiger partial charge in [0.05, 0.1) is 10.6 Å². The van der Waals surface area contributed by atoms with Crippen molar-refractivity contribution in [2.24, 2.45) is 0 Å². The molecule has 0 saturated carbocycles. The first-order chi connectivity index (χ1) is 9.79. The minimum Gasteiger partial charge on any atom is -0.478 e. The van der Waals surface area contributed by atoms with E-state index in [2.05, 4.69) is 0 Å². The van der Waals surface area contributed by atoms with Crippen molar-refractivity contribution in [1.29, 1.82) is 0 Å². The van der Waals surface area contributed by atoms with Crippen LogP contribution in [0.3, 0.4) is 0 Å². The summed E-state index contributed by atoms with van der Waals surface area (Å²) < 4.78 is 28.8. The average molecular weight is 327 g/mol. The van der Waals surface area contributed by atoms with Gasteiger partial charge in [0, 0.05) is 6.26 Å². The summed E-state index contributed by atoms with van der Waals surface area (Å²) in [6.45, 7) is 0. The monoisotopic (exact) mass is 326 g/mol. The van der Waals surface area contributed by atoms with Crippen LogP contribution in [0.15, 0.2) is 47.4 Å². The van der Waals surface area contributed by atoms with E-state index in [4.69, 9.17) is 21.4 Å². The molecule has 0 radical (unpaired) electrons. The summed E-state index contributed by atoms with van der Waals surface area (Å²) >= 11 is 5.77. The molecule has 0 aromatic heterocycles. The van der Waals surface area contributed by atoms with Gasteiger partial charge in [-0.25, -0.2) is 13.2 Å². The van der Waals surface area contributed by atoms with Crippen LogP contribution in [0.1, 0.15) is 10.4 Å². The molecule has 2 aromatic carbocycles. The molecular formula is C14H11ClO5S. The number of carbonyl (C=O) groups is 1. The topological polar surface area (TPSA) is 80.7 Å². The number of halogens is 1. The Morgan fingerprint density at radius 2 is 1.86 bits per heavy atom. The Morgan fingerprint density at radius 3 is 2.48 bits per heavy atom. The second kappa shape index (κ2) is 5.75. The van der Waals surface area contributed by atoms with Gasteiger partial charge >= 0.3 is 5.97 Å². The van der Waals surface area contributed by atoms with Gasteiger partial charge in [-0.2, -0.15) is 0 Å². The van der Waals surface area contributed by atoms with E-state index < -0.39 is 15.8 Å². The molecule has 0 saturated heterocycles. The van der Waals surface area contributed by atoms with E-state index in [0.29, 0.717) is 0 Å². The molecule has 5 nitrogen and oxygen atoms in total. The van der Waals surface area contributed by atoms with Gasteiger partial charge < -0.3 is 9.84 Å². The number of carboxylic acids is 1. The van der Waals surface area contributed by atoms with Crippen LogP contribution in [0.4, 0.5) is 0 Å². The summed E-state index contributed by atoms with van der Waals surface area (Å²) in [6.07, 6.45) is 1.07. The highest BCUT2D eigenvalue weighted by atomic mass is 35.5. The Balaban J connectivity index is 2.45. The van der Waals surface area contributed by atoms with Crippen LogP contribution in [0.5, 0.6) is 11.5 Å². The minimum atomic E-state index is -3.46. The molecule has 0 aliphatic rings. The van der Waals surface area contributed by atoms with E-state index in [1.807, 2.05) is 0 Å². The second-order valence-electron chi connectivity index (χ2n) is 4.27. The minimum absolute atomic E-state index is 0.0248. The number of para-hydroxylation sites is 1. The largest absolute Gasteiger partial charge is 0.478 e. The van der Waals surface area contributed by atoms with E-state index in [0.717, 1.165) is 6.26 Å². The normalized spacial score (nSPS) is 11.1. The van der Waals surface area contributed by atoms with Crippen LogP contribution >= 0.6 is 11.6 Å². The molecule has 0 amide bonds. The summed E-state index contributed by atoms with van der Waals surface area (Å²) in [4.78, 5) is 11.0. The van der Waals surface area contributed by atoms with Crippen LogP contribution in [0.2, 0.25) is 5.02 Å². The smallest absolute Gasteiger partial charge is 0.337 e. The van der Waals surface area contributed by atoms with Crippen molar-refractivity contribution in [3.8, 4) is 11.5 Å². The molecule has 2 aromatic rings. The Bertz CT molecular complexity index is 799. The lowest BCUT2D eigenvalue weighted by molar-refractivity contribution is 0.0696. The van der Waals surface area contributed by atoms with Crippen molar-refractivity contribution in [1.82, 2.24) is 0 Å². The van der Waals surface area contributed by atoms with Crippen LogP contribution in [0.25, 0.3) is 0 Å². The van der Waals surface area contributed by atoms with Crippen molar-refractivity contribution in [3.05, 3.63) is 53.1 Å². The van der Waals surface area contributed by atoms with Crippen molar-refractivity contribution in [3.63, 3.8) is 0 Å². The molecule has 0 fully saturated rings. The third-order valence-electron chi connectivity index (χ3n) is 2.64. The maximum atomic E-state index is 11.7. The number of carboxylic acid groups (broad SMARTS) is 1. The number of benzene rings is 2. The first-order valence-electron chi connectivity index (χ1n) is 5.79. The maximum Gasteiger partial charge on any atom is 0.337 e. The van der Waals surface area contributed by atoms with Crippen molar-refractivity contribution >= 4 is 27.4 Å². The van der Waals surface area contributed by atoms with Gasteiger partial charge in [0.25, 0.3) is 0 Å². The number of hydrogen-bond donors (Lipinski definition) is 1. The van der Waals surface area contributed by atoms with Crippen LogP contribution in [0, 0.1) is 0 Å². The molecule has 21 heavy (non-hydrogen) atoms. The molecule has 0 aliphatic heterocycles. The lowest BCUT2D eigenvalue weighted by Crippen LogP contribution is -2.01. The first-order valence-corrected chi connectivity index (χ1v) is 8.06. The lowest BCUT2D eigenvalue weighted by Gasteiger charge is -2.10. The molecule has 7 heteroatoms. The molecule has 0 heterocycles. The molecule has 1 N–H and O–H groups in total. The van der Waals surface area contributed by atoms with E-state index in [1.165, 1.54) is 30.3 Å². The molecule has 2 rings (SSSR count). The Morgan fingerprint density at radius 1 is 1.19 bits per heavy atom. The van der Waals surface area contributed by atoms with Crippen molar-refractivity contribution in [2.45, 2.75) is 4.90 Å². The van der Waals surface area contributed by atoms with Crippen molar-refractivity contribution < 1.29 is 23.1 Å². The number of ether oxygens (including phenoxy) is 1. The van der Waals surface area contributed by atoms with Gasteiger partial charge in [0.1, 0.15) is 16.4 Å². The predicted molar refractivity (Wildman–Crippen MR) is 78.0 cm³/mol. The molecular weight excluding hydrogens is 316 g/mol. The number of aromatic carboxylic acids is 1. The van der Waals surface area contributed by atoms with E-state index in [1.54, 1.807) is 12.1 Å². The number of rotatable bonds is 4. The van der Waals surface area contributed by atoms with Gasteiger partial charge in [-0.05, 0) is 30.3 Å². The zero-order valence-corrected chi connectivity index (χ0v) is 12.5. The highest BCUT2D eigenvalue weighted by Gasteiger charge is 2.16. The van der Waals surface area contributed by atoms with Gasteiger partial charge in [-0.1, -0.05) is 23.7 Å². The zero-order valence-electron chi connectivity index (χ0n) is 10.9. The van der Waals surface area contributed by atoms with Gasteiger partial charge in [0.15, 0.2) is 9.84 Å². The van der Waals surface area contributed by atoms with Gasteiger partial charge in [-0.3, -0.25) is 0 Å².